The Morgan fingerprint density at radius 3 is 2.58 bits per heavy atom. The summed E-state index contributed by atoms with van der Waals surface area (Å²) in [5, 5.41) is 21.3. The van der Waals surface area contributed by atoms with Gasteiger partial charge < -0.3 is 15.1 Å². The van der Waals surface area contributed by atoms with Crippen LogP contribution in [0.1, 0.15) is 0 Å². The molecule has 0 radical (unpaired) electrons. The number of hydrogen-bond acceptors (Lipinski definition) is 3. The Labute approximate surface area is 105 Å². The zero-order valence-electron chi connectivity index (χ0n) is 9.48. The van der Waals surface area contributed by atoms with Crippen LogP contribution < -0.4 is 20.1 Å². The highest BCUT2D eigenvalue weighted by molar-refractivity contribution is 5.59. The first-order valence-corrected chi connectivity index (χ1v) is 5.30. The maximum Gasteiger partial charge on any atom is 0.263 e. The molecule has 0 fully saturated rings. The summed E-state index contributed by atoms with van der Waals surface area (Å²) in [6.07, 6.45) is 0. The van der Waals surface area contributed by atoms with Gasteiger partial charge >= 0.3 is 0 Å². The van der Waals surface area contributed by atoms with Crippen molar-refractivity contribution < 1.29 is 18.6 Å². The highest BCUT2D eigenvalue weighted by Gasteiger charge is 2.25. The average Bonchev–Trinajstić information content (AvgIpc) is 2.35. The number of rotatable bonds is 0. The van der Waals surface area contributed by atoms with Crippen LogP contribution in [0.15, 0.2) is 24.3 Å². The van der Waals surface area contributed by atoms with Crippen LogP contribution in [0.5, 0.6) is 17.2 Å². The van der Waals surface area contributed by atoms with Crippen LogP contribution in [0, 0.1) is 16.8 Å². The first-order valence-electron chi connectivity index (χ1n) is 5.30. The van der Waals surface area contributed by atoms with Gasteiger partial charge in [0, 0.05) is 11.3 Å². The molecule has 6 heteroatoms. The van der Waals surface area contributed by atoms with Crippen LogP contribution in [-0.2, 0) is 0 Å². The van der Waals surface area contributed by atoms with Crippen LogP contribution >= 0.6 is 0 Å². The molecule has 1 heterocycles. The van der Waals surface area contributed by atoms with E-state index in [1.165, 1.54) is 6.07 Å². The lowest BCUT2D eigenvalue weighted by Gasteiger charge is -2.16. The Kier molecular flexibility index (Phi) is 2.22. The molecule has 1 N–H and O–H groups in total. The highest BCUT2D eigenvalue weighted by atomic mass is 19.1. The van der Waals surface area contributed by atoms with Crippen molar-refractivity contribution in [3.05, 3.63) is 51.7 Å². The minimum absolute atomic E-state index is 0.00703. The summed E-state index contributed by atoms with van der Waals surface area (Å²) in [4.78, 5) is 0. The number of nitrogens with zero attached hydrogens (tertiary/aromatic N) is 1. The van der Waals surface area contributed by atoms with Gasteiger partial charge in [-0.3, -0.25) is 0 Å². The summed E-state index contributed by atoms with van der Waals surface area (Å²) >= 11 is 0. The van der Waals surface area contributed by atoms with Gasteiger partial charge in [-0.25, -0.2) is 8.78 Å². The van der Waals surface area contributed by atoms with Crippen molar-refractivity contribution >= 4 is 12.3 Å². The molecule has 4 nitrogen and oxygen atoms in total. The van der Waals surface area contributed by atoms with E-state index in [1.54, 1.807) is 0 Å². The first kappa shape index (κ1) is 11.5. The molecule has 0 saturated heterocycles. The predicted molar refractivity (Wildman–Crippen MR) is 63.6 cm³/mol. The smallest absolute Gasteiger partial charge is 0.263 e. The second kappa shape index (κ2) is 3.68. The van der Waals surface area contributed by atoms with Crippen LogP contribution in [0.2, 0.25) is 0 Å². The lowest BCUT2D eigenvalue weighted by molar-refractivity contribution is 0.414. The minimum atomic E-state index is -0.957. The number of hydrogen-bond donors (Lipinski definition) is 1. The molecule has 2 aromatic carbocycles. The highest BCUT2D eigenvalue weighted by Crippen LogP contribution is 2.36. The van der Waals surface area contributed by atoms with Crippen LogP contribution in [-0.4, -0.2) is 5.11 Å². The van der Waals surface area contributed by atoms with E-state index in [4.69, 9.17) is 4.74 Å². The molecule has 0 spiro atoms. The second-order valence-corrected chi connectivity index (χ2v) is 4.08. The quantitative estimate of drug-likeness (QED) is 0.579. The van der Waals surface area contributed by atoms with Gasteiger partial charge in [0.25, 0.3) is 11.0 Å². The van der Waals surface area contributed by atoms with Gasteiger partial charge in [-0.05, 0) is 6.07 Å². The monoisotopic (exact) mass is 263 g/mol. The summed E-state index contributed by atoms with van der Waals surface area (Å²) < 4.78 is 32.3. The summed E-state index contributed by atoms with van der Waals surface area (Å²) in [6, 6.07) is 4.05. The molecule has 0 saturated carbocycles. The van der Waals surface area contributed by atoms with Gasteiger partial charge in [0.15, 0.2) is 11.6 Å². The molecular formula is C13H7F2NO3. The van der Waals surface area contributed by atoms with E-state index in [0.29, 0.717) is 4.74 Å². The normalized spacial score (nSPS) is 12.6. The van der Waals surface area contributed by atoms with Crippen LogP contribution in [0.3, 0.4) is 0 Å². The van der Waals surface area contributed by atoms with Gasteiger partial charge in [-0.15, -0.1) is 0 Å². The number of ether oxygens (including phenoxy) is 1. The molecular weight excluding hydrogens is 256 g/mol. The molecule has 3 rings (SSSR count). The summed E-state index contributed by atoms with van der Waals surface area (Å²) in [5.41, 5.74) is -0.140. The number of halogens is 2. The van der Waals surface area contributed by atoms with Crippen molar-refractivity contribution in [3.63, 3.8) is 0 Å². The Hall–Kier alpha value is -2.63. The van der Waals surface area contributed by atoms with E-state index in [0.717, 1.165) is 18.2 Å². The van der Waals surface area contributed by atoms with E-state index in [-0.39, 0.29) is 27.8 Å². The molecule has 19 heavy (non-hydrogen) atoms. The average molecular weight is 263 g/mol. The zero-order chi connectivity index (χ0) is 13.7. The molecule has 1 aliphatic heterocycles. The molecule has 0 unspecified atom stereocenters. The van der Waals surface area contributed by atoms with Gasteiger partial charge in [0.05, 0.1) is 12.1 Å². The molecule has 1 aliphatic rings. The number of aromatic hydroxyl groups is 1. The molecule has 0 bridgehead atoms. The van der Waals surface area contributed by atoms with Gasteiger partial charge in [0.1, 0.15) is 5.82 Å². The maximum absolute atomic E-state index is 13.4. The van der Waals surface area contributed by atoms with E-state index in [2.05, 4.69) is 6.58 Å². The van der Waals surface area contributed by atoms with Gasteiger partial charge in [0.2, 0.25) is 11.5 Å². The Balaban J connectivity index is 2.40. The molecule has 0 amide bonds. The van der Waals surface area contributed by atoms with Gasteiger partial charge in [-0.2, -0.15) is 4.74 Å². The molecule has 0 aromatic heterocycles. The molecule has 2 aromatic rings. The van der Waals surface area contributed by atoms with E-state index >= 15 is 0 Å². The van der Waals surface area contributed by atoms with Crippen molar-refractivity contribution in [2.24, 2.45) is 0 Å². The lowest BCUT2D eigenvalue weighted by atomic mass is 10.2. The first-order chi connectivity index (χ1) is 8.97. The summed E-state index contributed by atoms with van der Waals surface area (Å²) in [5.74, 6) is -2.16. The number of fused-ring (bicyclic) bond motifs is 2. The van der Waals surface area contributed by atoms with Gasteiger partial charge in [-0.1, -0.05) is 6.58 Å². The lowest BCUT2D eigenvalue weighted by Crippen LogP contribution is -2.28. The zero-order valence-corrected chi connectivity index (χ0v) is 9.48. The van der Waals surface area contributed by atoms with E-state index in [9.17, 15) is 19.1 Å². The van der Waals surface area contributed by atoms with Crippen LogP contribution in [0.25, 0.3) is 6.58 Å². The number of benzene rings is 2. The maximum atomic E-state index is 13.4. The third kappa shape index (κ3) is 1.61. The Morgan fingerprint density at radius 2 is 1.84 bits per heavy atom. The number of phenols is 1. The van der Waals surface area contributed by atoms with Crippen LogP contribution in [0.4, 0.5) is 14.5 Å². The van der Waals surface area contributed by atoms with Crippen molar-refractivity contribution in [3.8, 4) is 17.2 Å². The molecule has 96 valence electrons. The Bertz CT molecular complexity index is 818. The van der Waals surface area contributed by atoms with Crippen molar-refractivity contribution in [2.45, 2.75) is 0 Å². The standard InChI is InChI=1S/C13H7F2NO3/c1-6-2-12-9(3-7(6)14)16(18)10-4-8(15)11(17)5-13(10)19-12/h2-5,17H,1H2. The largest absolute Gasteiger partial charge is 0.618 e. The summed E-state index contributed by atoms with van der Waals surface area (Å²) in [6.45, 7) is 3.46. The topological polar surface area (TPSA) is 55.5 Å². The third-order valence-corrected chi connectivity index (χ3v) is 2.81. The van der Waals surface area contributed by atoms with E-state index < -0.39 is 17.4 Å². The molecule has 0 atom stereocenters. The third-order valence-electron chi connectivity index (χ3n) is 2.81. The fourth-order valence-electron chi connectivity index (χ4n) is 1.85. The fourth-order valence-corrected chi connectivity index (χ4v) is 1.85. The molecule has 0 aliphatic carbocycles. The van der Waals surface area contributed by atoms with Crippen molar-refractivity contribution in [1.82, 2.24) is 4.74 Å². The Morgan fingerprint density at radius 1 is 1.11 bits per heavy atom. The fraction of sp³-hybridized carbons (Fsp3) is 0. The SMILES string of the molecule is C=c1cc2c(cc1F)=[N+]([O-])c1cc(F)c(O)cc1O2. The van der Waals surface area contributed by atoms with Crippen molar-refractivity contribution in [2.75, 3.05) is 0 Å². The predicted octanol–water partition coefficient (Wildman–Crippen LogP) is 1.51. The van der Waals surface area contributed by atoms with Crippen molar-refractivity contribution in [1.29, 1.82) is 0 Å². The second-order valence-electron chi connectivity index (χ2n) is 4.08. The van der Waals surface area contributed by atoms with E-state index in [1.807, 2.05) is 0 Å². The summed E-state index contributed by atoms with van der Waals surface area (Å²) in [7, 11) is 0. The minimum Gasteiger partial charge on any atom is -0.618 e. The number of phenolic OH excluding ortho intramolecular Hbond substituents is 1.